The molecule has 0 aliphatic heterocycles. The van der Waals surface area contributed by atoms with E-state index in [4.69, 9.17) is 9.47 Å². The van der Waals surface area contributed by atoms with Crippen molar-refractivity contribution in [1.82, 2.24) is 9.38 Å². The van der Waals surface area contributed by atoms with Gasteiger partial charge in [-0.05, 0) is 35.9 Å². The highest BCUT2D eigenvalue weighted by atomic mass is 16.5. The summed E-state index contributed by atoms with van der Waals surface area (Å²) in [6.07, 6.45) is 7.11. The van der Waals surface area contributed by atoms with Crippen molar-refractivity contribution >= 4 is 23.3 Å². The first kappa shape index (κ1) is 19.3. The number of anilines is 1. The van der Waals surface area contributed by atoms with Crippen LogP contribution >= 0.6 is 0 Å². The van der Waals surface area contributed by atoms with E-state index in [1.54, 1.807) is 31.4 Å². The average molecular weight is 399 g/mol. The Bertz CT molecular complexity index is 1150. The van der Waals surface area contributed by atoms with Gasteiger partial charge in [-0.2, -0.15) is 0 Å². The van der Waals surface area contributed by atoms with Gasteiger partial charge in [0.05, 0.1) is 12.8 Å². The predicted molar refractivity (Wildman–Crippen MR) is 117 cm³/mol. The van der Waals surface area contributed by atoms with Crippen LogP contribution in [0.25, 0.3) is 11.7 Å². The number of rotatable bonds is 7. The van der Waals surface area contributed by atoms with Crippen molar-refractivity contribution in [2.45, 2.75) is 6.61 Å². The molecule has 0 aliphatic rings. The van der Waals surface area contributed by atoms with Gasteiger partial charge < -0.3 is 19.2 Å². The van der Waals surface area contributed by atoms with Crippen molar-refractivity contribution in [2.75, 3.05) is 12.4 Å². The molecule has 0 fully saturated rings. The molecule has 4 rings (SSSR count). The second kappa shape index (κ2) is 8.96. The van der Waals surface area contributed by atoms with E-state index in [0.29, 0.717) is 17.2 Å². The number of hydrogen-bond acceptors (Lipinski definition) is 4. The number of carbonyl (C=O) groups excluding carboxylic acids is 1. The number of aromatic nitrogens is 2. The first-order valence-corrected chi connectivity index (χ1v) is 9.49. The van der Waals surface area contributed by atoms with Gasteiger partial charge in [0.1, 0.15) is 12.3 Å². The second-order valence-corrected chi connectivity index (χ2v) is 6.59. The fraction of sp³-hybridized carbons (Fsp3) is 0.0833. The maximum atomic E-state index is 12.2. The molecule has 0 saturated heterocycles. The number of carbonyl (C=O) groups is 1. The van der Waals surface area contributed by atoms with Gasteiger partial charge in [-0.1, -0.05) is 36.4 Å². The van der Waals surface area contributed by atoms with Gasteiger partial charge in [-0.15, -0.1) is 0 Å². The third-order valence-corrected chi connectivity index (χ3v) is 4.45. The molecular formula is C24H21N3O3. The minimum atomic E-state index is -0.227. The van der Waals surface area contributed by atoms with Crippen LogP contribution in [0.3, 0.4) is 0 Å². The molecule has 0 bridgehead atoms. The third kappa shape index (κ3) is 4.67. The molecule has 2 heterocycles. The Kier molecular flexibility index (Phi) is 5.75. The van der Waals surface area contributed by atoms with Crippen molar-refractivity contribution < 1.29 is 14.3 Å². The molecule has 150 valence electrons. The number of pyridine rings is 1. The lowest BCUT2D eigenvalue weighted by Gasteiger charge is -2.12. The van der Waals surface area contributed by atoms with Gasteiger partial charge in [0.25, 0.3) is 0 Å². The Morgan fingerprint density at radius 2 is 1.90 bits per heavy atom. The lowest BCUT2D eigenvalue weighted by molar-refractivity contribution is -0.111. The number of amides is 1. The summed E-state index contributed by atoms with van der Waals surface area (Å²) in [5.74, 6) is 0.881. The lowest BCUT2D eigenvalue weighted by Crippen LogP contribution is -2.08. The van der Waals surface area contributed by atoms with E-state index in [0.717, 1.165) is 16.9 Å². The summed E-state index contributed by atoms with van der Waals surface area (Å²) in [6, 6.07) is 20.7. The van der Waals surface area contributed by atoms with Gasteiger partial charge in [0.15, 0.2) is 11.5 Å². The van der Waals surface area contributed by atoms with Crippen LogP contribution < -0.4 is 14.8 Å². The van der Waals surface area contributed by atoms with E-state index >= 15 is 0 Å². The van der Waals surface area contributed by atoms with Crippen LogP contribution in [0.2, 0.25) is 0 Å². The summed E-state index contributed by atoms with van der Waals surface area (Å²) < 4.78 is 13.2. The van der Waals surface area contributed by atoms with Crippen LogP contribution in [0.4, 0.5) is 5.69 Å². The van der Waals surface area contributed by atoms with Gasteiger partial charge in [0.2, 0.25) is 5.91 Å². The minimum Gasteiger partial charge on any atom is -0.493 e. The van der Waals surface area contributed by atoms with Crippen LogP contribution in [0.1, 0.15) is 11.3 Å². The Morgan fingerprint density at radius 1 is 1.07 bits per heavy atom. The van der Waals surface area contributed by atoms with E-state index in [-0.39, 0.29) is 12.5 Å². The summed E-state index contributed by atoms with van der Waals surface area (Å²) in [5.41, 5.74) is 3.22. The summed E-state index contributed by atoms with van der Waals surface area (Å²) >= 11 is 0. The molecule has 0 aliphatic carbocycles. The molecule has 0 spiro atoms. The molecule has 0 unspecified atom stereocenters. The number of nitrogens with one attached hydrogen (secondary N) is 1. The van der Waals surface area contributed by atoms with E-state index in [2.05, 4.69) is 10.3 Å². The van der Waals surface area contributed by atoms with Crippen LogP contribution in [0.15, 0.2) is 85.2 Å². The molecule has 2 aromatic carbocycles. The van der Waals surface area contributed by atoms with Gasteiger partial charge in [-0.3, -0.25) is 4.79 Å². The van der Waals surface area contributed by atoms with Crippen LogP contribution in [-0.4, -0.2) is 22.4 Å². The lowest BCUT2D eigenvalue weighted by atomic mass is 10.2. The Labute approximate surface area is 174 Å². The van der Waals surface area contributed by atoms with Crippen molar-refractivity contribution in [3.63, 3.8) is 0 Å². The molecule has 30 heavy (non-hydrogen) atoms. The molecule has 1 N–H and O–H groups in total. The summed E-state index contributed by atoms with van der Waals surface area (Å²) in [6.45, 7) is 0.281. The van der Waals surface area contributed by atoms with Crippen LogP contribution in [0.5, 0.6) is 11.5 Å². The molecular weight excluding hydrogens is 378 g/mol. The molecule has 6 nitrogen and oxygen atoms in total. The monoisotopic (exact) mass is 399 g/mol. The maximum absolute atomic E-state index is 12.2. The molecule has 0 atom stereocenters. The summed E-state index contributed by atoms with van der Waals surface area (Å²) in [4.78, 5) is 16.8. The zero-order chi connectivity index (χ0) is 20.8. The molecule has 0 saturated carbocycles. The molecule has 0 radical (unpaired) electrons. The molecule has 2 aromatic heterocycles. The molecule has 6 heteroatoms. The fourth-order valence-corrected chi connectivity index (χ4v) is 3.00. The predicted octanol–water partition coefficient (Wildman–Crippen LogP) is 4.57. The van der Waals surface area contributed by atoms with Crippen LogP contribution in [0, 0.1) is 0 Å². The van der Waals surface area contributed by atoms with Crippen molar-refractivity contribution in [3.8, 4) is 11.5 Å². The first-order chi connectivity index (χ1) is 14.7. The van der Waals surface area contributed by atoms with Gasteiger partial charge in [0, 0.05) is 30.2 Å². The number of imidazole rings is 1. The van der Waals surface area contributed by atoms with Crippen LogP contribution in [-0.2, 0) is 11.4 Å². The summed E-state index contributed by atoms with van der Waals surface area (Å²) in [5, 5.41) is 2.84. The quantitative estimate of drug-likeness (QED) is 0.462. The van der Waals surface area contributed by atoms with E-state index in [9.17, 15) is 4.79 Å². The van der Waals surface area contributed by atoms with Gasteiger partial charge >= 0.3 is 0 Å². The number of methoxy groups -OCH3 is 1. The summed E-state index contributed by atoms with van der Waals surface area (Å²) in [7, 11) is 1.58. The minimum absolute atomic E-state index is 0.227. The standard InChI is InChI=1S/C24H21N3O3/c1-29-21-12-11-19(26-24(28)13-10-18-7-3-2-4-8-18)15-22(21)30-17-20-16-27-14-6-5-9-23(27)25-20/h2-16H,17H2,1H3,(H,26,28). The van der Waals surface area contributed by atoms with Crippen molar-refractivity contribution in [3.05, 3.63) is 96.5 Å². The smallest absolute Gasteiger partial charge is 0.248 e. The van der Waals surface area contributed by atoms with Gasteiger partial charge in [-0.25, -0.2) is 4.98 Å². The number of fused-ring (bicyclic) bond motifs is 1. The Morgan fingerprint density at radius 3 is 2.70 bits per heavy atom. The normalized spacial score (nSPS) is 11.0. The fourth-order valence-electron chi connectivity index (χ4n) is 3.00. The second-order valence-electron chi connectivity index (χ2n) is 6.59. The average Bonchev–Trinajstić information content (AvgIpc) is 3.20. The molecule has 4 aromatic rings. The van der Waals surface area contributed by atoms with E-state index in [1.807, 2.05) is 65.3 Å². The largest absolute Gasteiger partial charge is 0.493 e. The highest BCUT2D eigenvalue weighted by Gasteiger charge is 2.09. The number of hydrogen-bond donors (Lipinski definition) is 1. The Balaban J connectivity index is 1.44. The van der Waals surface area contributed by atoms with E-state index < -0.39 is 0 Å². The number of ether oxygens (including phenoxy) is 2. The SMILES string of the molecule is COc1ccc(NC(=O)C=Cc2ccccc2)cc1OCc1cn2ccccc2n1. The zero-order valence-corrected chi connectivity index (χ0v) is 16.5. The topological polar surface area (TPSA) is 64.9 Å². The number of benzene rings is 2. The van der Waals surface area contributed by atoms with E-state index in [1.165, 1.54) is 6.08 Å². The van der Waals surface area contributed by atoms with Crippen molar-refractivity contribution in [1.29, 1.82) is 0 Å². The highest BCUT2D eigenvalue weighted by molar-refractivity contribution is 6.02. The van der Waals surface area contributed by atoms with Crippen molar-refractivity contribution in [2.24, 2.45) is 0 Å². The highest BCUT2D eigenvalue weighted by Crippen LogP contribution is 2.31. The Hall–Kier alpha value is -4.06. The maximum Gasteiger partial charge on any atom is 0.248 e. The first-order valence-electron chi connectivity index (χ1n) is 9.49. The zero-order valence-electron chi connectivity index (χ0n) is 16.5. The molecule has 1 amide bonds. The number of nitrogens with zero attached hydrogens (tertiary/aromatic N) is 2. The third-order valence-electron chi connectivity index (χ3n) is 4.45.